The highest BCUT2D eigenvalue weighted by Gasteiger charge is 2.46. The molecule has 9 nitrogen and oxygen atoms in total. The molecule has 1 aliphatic rings. The number of non-ortho nitro benzene ring substituents is 1. The molecule has 1 unspecified atom stereocenters. The second-order valence-corrected chi connectivity index (χ2v) is 8.28. The minimum Gasteiger partial charge on any atom is -0.507 e. The zero-order valence-electron chi connectivity index (χ0n) is 19.5. The predicted molar refractivity (Wildman–Crippen MR) is 130 cm³/mol. The van der Waals surface area contributed by atoms with Crippen LogP contribution in [0.2, 0.25) is 0 Å². The SMILES string of the molecule is COC(=O)c1ccc(CN2C(=O)C(=O)/C(=C(/O)c3cccc([N+](=O)[O-])c3)C2c2ccccc2C)cc1. The van der Waals surface area contributed by atoms with E-state index >= 15 is 0 Å². The van der Waals surface area contributed by atoms with E-state index in [1.165, 1.54) is 30.2 Å². The molecule has 0 bridgehead atoms. The fourth-order valence-corrected chi connectivity index (χ4v) is 4.24. The van der Waals surface area contributed by atoms with Gasteiger partial charge < -0.3 is 14.7 Å². The number of carbonyl (C=O) groups excluding carboxylic acids is 3. The number of aliphatic hydroxyl groups is 1. The Labute approximate surface area is 206 Å². The molecule has 1 amide bonds. The highest BCUT2D eigenvalue weighted by atomic mass is 16.6. The maximum Gasteiger partial charge on any atom is 0.337 e. The van der Waals surface area contributed by atoms with Crippen molar-refractivity contribution in [3.8, 4) is 0 Å². The number of amides is 1. The lowest BCUT2D eigenvalue weighted by Gasteiger charge is -2.26. The van der Waals surface area contributed by atoms with Crippen molar-refractivity contribution in [2.75, 3.05) is 7.11 Å². The van der Waals surface area contributed by atoms with E-state index in [0.29, 0.717) is 16.7 Å². The van der Waals surface area contributed by atoms with E-state index in [-0.39, 0.29) is 23.4 Å². The van der Waals surface area contributed by atoms with Crippen LogP contribution in [0.4, 0.5) is 5.69 Å². The summed E-state index contributed by atoms with van der Waals surface area (Å²) in [5, 5.41) is 22.4. The zero-order valence-corrected chi connectivity index (χ0v) is 19.5. The highest BCUT2D eigenvalue weighted by molar-refractivity contribution is 6.46. The van der Waals surface area contributed by atoms with E-state index < -0.39 is 34.4 Å². The van der Waals surface area contributed by atoms with E-state index in [2.05, 4.69) is 0 Å². The summed E-state index contributed by atoms with van der Waals surface area (Å²) in [7, 11) is 1.28. The van der Waals surface area contributed by atoms with Crippen molar-refractivity contribution in [3.63, 3.8) is 0 Å². The molecule has 0 radical (unpaired) electrons. The van der Waals surface area contributed by atoms with Crippen LogP contribution in [-0.2, 0) is 20.9 Å². The molecule has 0 saturated carbocycles. The van der Waals surface area contributed by atoms with E-state index in [4.69, 9.17) is 4.74 Å². The van der Waals surface area contributed by atoms with Crippen LogP contribution in [0.15, 0.2) is 78.4 Å². The van der Waals surface area contributed by atoms with E-state index in [1.54, 1.807) is 36.4 Å². The fraction of sp³-hybridized carbons (Fsp3) is 0.148. The van der Waals surface area contributed by atoms with Gasteiger partial charge in [-0.25, -0.2) is 4.79 Å². The molecule has 0 aromatic heterocycles. The quantitative estimate of drug-likeness (QED) is 0.137. The number of nitrogens with zero attached hydrogens (tertiary/aromatic N) is 2. The van der Waals surface area contributed by atoms with E-state index in [1.807, 2.05) is 19.1 Å². The van der Waals surface area contributed by atoms with Gasteiger partial charge in [0.1, 0.15) is 5.76 Å². The molecule has 1 N–H and O–H groups in total. The number of methoxy groups -OCH3 is 1. The topological polar surface area (TPSA) is 127 Å². The number of aliphatic hydroxyl groups excluding tert-OH is 1. The molecule has 1 aliphatic heterocycles. The van der Waals surface area contributed by atoms with E-state index in [0.717, 1.165) is 11.6 Å². The molecule has 1 atom stereocenters. The Hall–Kier alpha value is -4.79. The number of ether oxygens (including phenoxy) is 1. The first-order valence-corrected chi connectivity index (χ1v) is 11.0. The number of ketones is 1. The van der Waals surface area contributed by atoms with Crippen LogP contribution in [0.5, 0.6) is 0 Å². The second-order valence-electron chi connectivity index (χ2n) is 8.28. The van der Waals surface area contributed by atoms with Crippen LogP contribution < -0.4 is 0 Å². The van der Waals surface area contributed by atoms with Crippen LogP contribution in [0.3, 0.4) is 0 Å². The first-order valence-electron chi connectivity index (χ1n) is 11.0. The Morgan fingerprint density at radius 3 is 2.36 bits per heavy atom. The maximum atomic E-state index is 13.2. The van der Waals surface area contributed by atoms with Gasteiger partial charge in [-0.05, 0) is 35.7 Å². The molecule has 0 aliphatic carbocycles. The molecule has 182 valence electrons. The third-order valence-corrected chi connectivity index (χ3v) is 6.08. The van der Waals surface area contributed by atoms with Gasteiger partial charge in [0.15, 0.2) is 0 Å². The van der Waals surface area contributed by atoms with E-state index in [9.17, 15) is 29.6 Å². The molecular formula is C27H22N2O7. The minimum atomic E-state index is -0.925. The molecule has 9 heteroatoms. The fourth-order valence-electron chi connectivity index (χ4n) is 4.24. The van der Waals surface area contributed by atoms with Crippen LogP contribution in [0.1, 0.15) is 38.7 Å². The number of likely N-dealkylation sites (tertiary alicyclic amines) is 1. The summed E-state index contributed by atoms with van der Waals surface area (Å²) in [4.78, 5) is 50.1. The number of hydrogen-bond donors (Lipinski definition) is 1. The van der Waals surface area contributed by atoms with Crippen LogP contribution >= 0.6 is 0 Å². The third kappa shape index (κ3) is 4.46. The van der Waals surface area contributed by atoms with Crippen molar-refractivity contribution >= 4 is 29.1 Å². The van der Waals surface area contributed by atoms with Gasteiger partial charge >= 0.3 is 5.97 Å². The van der Waals surface area contributed by atoms with Gasteiger partial charge in [0, 0.05) is 24.2 Å². The number of rotatable bonds is 6. The number of Topliss-reactive ketones (excluding diaryl/α,β-unsaturated/α-hetero) is 1. The molecule has 4 rings (SSSR count). The Morgan fingerprint density at radius 1 is 1.03 bits per heavy atom. The van der Waals surface area contributed by atoms with Crippen molar-refractivity contribution < 1.29 is 29.2 Å². The van der Waals surface area contributed by atoms with Crippen molar-refractivity contribution in [1.82, 2.24) is 4.90 Å². The summed E-state index contributed by atoms with van der Waals surface area (Å²) in [5.41, 5.74) is 2.06. The van der Waals surface area contributed by atoms with Crippen LogP contribution in [-0.4, -0.2) is 39.7 Å². The monoisotopic (exact) mass is 486 g/mol. The minimum absolute atomic E-state index is 0.0245. The Bertz CT molecular complexity index is 1410. The molecule has 3 aromatic rings. The van der Waals surface area contributed by atoms with Crippen LogP contribution in [0.25, 0.3) is 5.76 Å². The first-order chi connectivity index (χ1) is 17.2. The van der Waals surface area contributed by atoms with Crippen molar-refractivity contribution in [2.45, 2.75) is 19.5 Å². The molecule has 1 heterocycles. The maximum absolute atomic E-state index is 13.2. The number of hydrogen-bond acceptors (Lipinski definition) is 7. The molecule has 3 aromatic carbocycles. The smallest absolute Gasteiger partial charge is 0.337 e. The van der Waals surface area contributed by atoms with Crippen molar-refractivity contribution in [2.24, 2.45) is 0 Å². The number of nitro groups is 1. The number of nitro benzene ring substituents is 1. The molecule has 36 heavy (non-hydrogen) atoms. The summed E-state index contributed by atoms with van der Waals surface area (Å²) >= 11 is 0. The lowest BCUT2D eigenvalue weighted by molar-refractivity contribution is -0.384. The normalized spacial score (nSPS) is 16.7. The molecule has 1 saturated heterocycles. The number of carbonyl (C=O) groups is 3. The molecule has 1 fully saturated rings. The zero-order chi connectivity index (χ0) is 26.0. The summed E-state index contributed by atoms with van der Waals surface area (Å²) in [6.45, 7) is 1.85. The van der Waals surface area contributed by atoms with Crippen LogP contribution in [0, 0.1) is 17.0 Å². The summed E-state index contributed by atoms with van der Waals surface area (Å²) < 4.78 is 4.71. The molecular weight excluding hydrogens is 464 g/mol. The lowest BCUT2D eigenvalue weighted by atomic mass is 9.92. The number of benzene rings is 3. The average Bonchev–Trinajstić information content (AvgIpc) is 3.13. The van der Waals surface area contributed by atoms with Gasteiger partial charge in [-0.15, -0.1) is 0 Å². The Balaban J connectivity index is 1.83. The summed E-state index contributed by atoms with van der Waals surface area (Å²) in [5.74, 6) is -2.70. The molecule has 0 spiro atoms. The summed E-state index contributed by atoms with van der Waals surface area (Å²) in [6, 6.07) is 17.9. The average molecular weight is 486 g/mol. The largest absolute Gasteiger partial charge is 0.507 e. The summed E-state index contributed by atoms with van der Waals surface area (Å²) in [6.07, 6.45) is 0. The van der Waals surface area contributed by atoms with Gasteiger partial charge in [0.25, 0.3) is 17.4 Å². The van der Waals surface area contributed by atoms with Gasteiger partial charge in [-0.2, -0.15) is 0 Å². The second kappa shape index (κ2) is 9.83. The van der Waals surface area contributed by atoms with Crippen molar-refractivity contribution in [3.05, 3.63) is 116 Å². The third-order valence-electron chi connectivity index (χ3n) is 6.08. The van der Waals surface area contributed by atoms with Gasteiger partial charge in [0.2, 0.25) is 0 Å². The number of aryl methyl sites for hydroxylation is 1. The van der Waals surface area contributed by atoms with Crippen molar-refractivity contribution in [1.29, 1.82) is 0 Å². The first kappa shape index (κ1) is 24.3. The standard InChI is InChI=1S/C27H22N2O7/c1-16-6-3-4-9-21(16)23-22(24(30)19-7-5-8-20(14-19)29(34)35)25(31)26(32)28(23)15-17-10-12-18(13-11-17)27(33)36-2/h3-14,23,30H,15H2,1-2H3/b24-22+. The lowest BCUT2D eigenvalue weighted by Crippen LogP contribution is -2.29. The highest BCUT2D eigenvalue weighted by Crippen LogP contribution is 2.41. The van der Waals surface area contributed by atoms with Gasteiger partial charge in [-0.3, -0.25) is 19.7 Å². The Morgan fingerprint density at radius 2 is 1.72 bits per heavy atom. The van der Waals surface area contributed by atoms with Gasteiger partial charge in [0.05, 0.1) is 29.2 Å². The predicted octanol–water partition coefficient (Wildman–Crippen LogP) is 4.31. The number of esters is 1. The van der Waals surface area contributed by atoms with Gasteiger partial charge in [-0.1, -0.05) is 48.5 Å². The Kier molecular flexibility index (Phi) is 6.64.